The first-order valence-electron chi connectivity index (χ1n) is 7.19. The number of aromatic nitrogens is 2. The van der Waals surface area contributed by atoms with Crippen molar-refractivity contribution < 1.29 is 5.11 Å². The van der Waals surface area contributed by atoms with Crippen molar-refractivity contribution in [2.75, 3.05) is 24.3 Å². The van der Waals surface area contributed by atoms with Crippen LogP contribution in [0.3, 0.4) is 0 Å². The van der Waals surface area contributed by atoms with Crippen molar-refractivity contribution >= 4 is 11.6 Å². The topological polar surface area (TPSA) is 70.1 Å². The van der Waals surface area contributed by atoms with Crippen molar-refractivity contribution in [3.63, 3.8) is 0 Å². The van der Waals surface area contributed by atoms with Crippen LogP contribution in [0.4, 0.5) is 11.6 Å². The molecule has 0 saturated heterocycles. The highest BCUT2D eigenvalue weighted by atomic mass is 16.3. The van der Waals surface area contributed by atoms with Crippen LogP contribution in [-0.2, 0) is 6.42 Å². The van der Waals surface area contributed by atoms with E-state index >= 15 is 0 Å². The summed E-state index contributed by atoms with van der Waals surface area (Å²) in [6, 6.07) is 0.323. The summed E-state index contributed by atoms with van der Waals surface area (Å²) in [5, 5.41) is 16.1. The van der Waals surface area contributed by atoms with Crippen LogP contribution >= 0.6 is 0 Å². The van der Waals surface area contributed by atoms with Crippen LogP contribution < -0.4 is 10.6 Å². The molecule has 0 aromatic carbocycles. The molecule has 2 unspecified atom stereocenters. The number of nitrogens with zero attached hydrogens (tertiary/aromatic N) is 2. The number of nitrogens with one attached hydrogen (secondary N) is 2. The summed E-state index contributed by atoms with van der Waals surface area (Å²) in [6.45, 7) is 2.36. The van der Waals surface area contributed by atoms with Crippen LogP contribution in [0.2, 0.25) is 0 Å². The molecule has 1 aromatic rings. The van der Waals surface area contributed by atoms with Gasteiger partial charge in [-0.25, -0.2) is 9.97 Å². The van der Waals surface area contributed by atoms with Crippen molar-refractivity contribution in [1.82, 2.24) is 9.97 Å². The first kappa shape index (κ1) is 14.1. The molecule has 2 atom stereocenters. The fraction of sp³-hybridized carbons (Fsp3) is 0.714. The Morgan fingerprint density at radius 1 is 1.26 bits per heavy atom. The standard InChI is InChI=1S/C14H24N4O/c1-3-11-13(15-2)16-9-17-14(11)18-12-7-5-4-6-10(12)8-19/h9-10,12,19H,3-8H2,1-2H3,(H2,15,16,17,18). The summed E-state index contributed by atoms with van der Waals surface area (Å²) in [4.78, 5) is 8.63. The van der Waals surface area contributed by atoms with Gasteiger partial charge < -0.3 is 15.7 Å². The van der Waals surface area contributed by atoms with Crippen LogP contribution in [0, 0.1) is 5.92 Å². The van der Waals surface area contributed by atoms with Crippen molar-refractivity contribution in [2.45, 2.75) is 45.1 Å². The minimum Gasteiger partial charge on any atom is -0.396 e. The number of aliphatic hydroxyl groups is 1. The second kappa shape index (κ2) is 6.70. The van der Waals surface area contributed by atoms with Gasteiger partial charge in [-0.05, 0) is 19.3 Å². The summed E-state index contributed by atoms with van der Waals surface area (Å²) in [7, 11) is 1.88. The zero-order valence-corrected chi connectivity index (χ0v) is 11.8. The van der Waals surface area contributed by atoms with E-state index in [1.165, 1.54) is 12.8 Å². The zero-order valence-electron chi connectivity index (χ0n) is 11.8. The maximum Gasteiger partial charge on any atom is 0.134 e. The monoisotopic (exact) mass is 264 g/mol. The van der Waals surface area contributed by atoms with Gasteiger partial charge in [-0.15, -0.1) is 0 Å². The molecule has 0 aliphatic heterocycles. The van der Waals surface area contributed by atoms with Crippen LogP contribution in [0.25, 0.3) is 0 Å². The lowest BCUT2D eigenvalue weighted by atomic mass is 9.85. The fourth-order valence-electron chi connectivity index (χ4n) is 2.88. The third-order valence-electron chi connectivity index (χ3n) is 4.00. The fourth-order valence-corrected chi connectivity index (χ4v) is 2.88. The van der Waals surface area contributed by atoms with E-state index in [2.05, 4.69) is 27.5 Å². The van der Waals surface area contributed by atoms with Crippen LogP contribution in [0.15, 0.2) is 6.33 Å². The molecule has 1 fully saturated rings. The first-order chi connectivity index (χ1) is 9.30. The molecular formula is C14H24N4O. The lowest BCUT2D eigenvalue weighted by molar-refractivity contribution is 0.178. The summed E-state index contributed by atoms with van der Waals surface area (Å²) in [5.41, 5.74) is 1.12. The average Bonchev–Trinajstić information content (AvgIpc) is 2.47. The van der Waals surface area contributed by atoms with Crippen molar-refractivity contribution in [2.24, 2.45) is 5.92 Å². The Balaban J connectivity index is 2.17. The van der Waals surface area contributed by atoms with E-state index < -0.39 is 0 Å². The Hall–Kier alpha value is -1.36. The summed E-state index contributed by atoms with van der Waals surface area (Å²) in [5.74, 6) is 2.13. The molecule has 3 N–H and O–H groups in total. The van der Waals surface area contributed by atoms with E-state index in [0.29, 0.717) is 12.0 Å². The lowest BCUT2D eigenvalue weighted by Gasteiger charge is -2.31. The molecule has 1 saturated carbocycles. The Bertz CT molecular complexity index is 410. The van der Waals surface area contributed by atoms with Crippen molar-refractivity contribution in [3.8, 4) is 0 Å². The van der Waals surface area contributed by atoms with Crippen molar-refractivity contribution in [3.05, 3.63) is 11.9 Å². The average molecular weight is 264 g/mol. The highest BCUT2D eigenvalue weighted by Crippen LogP contribution is 2.28. The van der Waals surface area contributed by atoms with Gasteiger partial charge in [0.15, 0.2) is 0 Å². The normalized spacial score (nSPS) is 23.1. The van der Waals surface area contributed by atoms with Gasteiger partial charge in [0.05, 0.1) is 0 Å². The number of aliphatic hydroxyl groups excluding tert-OH is 1. The van der Waals surface area contributed by atoms with Gasteiger partial charge in [0.2, 0.25) is 0 Å². The third-order valence-corrected chi connectivity index (χ3v) is 4.00. The lowest BCUT2D eigenvalue weighted by Crippen LogP contribution is -2.35. The Labute approximate surface area is 114 Å². The van der Waals surface area contributed by atoms with E-state index in [9.17, 15) is 5.11 Å². The van der Waals surface area contributed by atoms with E-state index in [4.69, 9.17) is 0 Å². The number of anilines is 2. The Morgan fingerprint density at radius 3 is 2.68 bits per heavy atom. The van der Waals surface area contributed by atoms with Gasteiger partial charge in [0.1, 0.15) is 18.0 Å². The predicted octanol–water partition coefficient (Wildman–Crippen LogP) is 2.04. The van der Waals surface area contributed by atoms with Gasteiger partial charge in [0, 0.05) is 31.2 Å². The molecule has 106 valence electrons. The smallest absolute Gasteiger partial charge is 0.134 e. The molecule has 1 aromatic heterocycles. The van der Waals surface area contributed by atoms with Gasteiger partial charge in [0.25, 0.3) is 0 Å². The van der Waals surface area contributed by atoms with E-state index in [0.717, 1.165) is 36.5 Å². The van der Waals surface area contributed by atoms with Crippen LogP contribution in [0.5, 0.6) is 0 Å². The van der Waals surface area contributed by atoms with Gasteiger partial charge in [-0.2, -0.15) is 0 Å². The summed E-state index contributed by atoms with van der Waals surface area (Å²) in [6.07, 6.45) is 7.11. The van der Waals surface area contributed by atoms with Gasteiger partial charge >= 0.3 is 0 Å². The molecule has 19 heavy (non-hydrogen) atoms. The second-order valence-electron chi connectivity index (χ2n) is 5.13. The highest BCUT2D eigenvalue weighted by Gasteiger charge is 2.25. The molecule has 0 radical (unpaired) electrons. The molecule has 1 heterocycles. The van der Waals surface area contributed by atoms with E-state index in [1.54, 1.807) is 6.33 Å². The minimum absolute atomic E-state index is 0.253. The molecule has 5 nitrogen and oxygen atoms in total. The largest absolute Gasteiger partial charge is 0.396 e. The maximum atomic E-state index is 9.48. The molecule has 0 amide bonds. The van der Waals surface area contributed by atoms with Gasteiger partial charge in [-0.3, -0.25) is 0 Å². The second-order valence-corrected chi connectivity index (χ2v) is 5.13. The predicted molar refractivity (Wildman–Crippen MR) is 77.4 cm³/mol. The molecule has 1 aliphatic rings. The zero-order chi connectivity index (χ0) is 13.7. The molecular weight excluding hydrogens is 240 g/mol. The Morgan fingerprint density at radius 2 is 2.00 bits per heavy atom. The van der Waals surface area contributed by atoms with Crippen LogP contribution in [-0.4, -0.2) is 34.8 Å². The quantitative estimate of drug-likeness (QED) is 0.759. The molecule has 0 spiro atoms. The van der Waals surface area contributed by atoms with Gasteiger partial charge in [-0.1, -0.05) is 19.8 Å². The number of hydrogen-bond acceptors (Lipinski definition) is 5. The van der Waals surface area contributed by atoms with Crippen molar-refractivity contribution in [1.29, 1.82) is 0 Å². The Kier molecular flexibility index (Phi) is 4.96. The number of hydrogen-bond donors (Lipinski definition) is 3. The SMILES string of the molecule is CCc1c(NC)ncnc1NC1CCCCC1CO. The molecule has 5 heteroatoms. The van der Waals surface area contributed by atoms with Crippen LogP contribution in [0.1, 0.15) is 38.2 Å². The summed E-state index contributed by atoms with van der Waals surface area (Å²) >= 11 is 0. The molecule has 0 bridgehead atoms. The third kappa shape index (κ3) is 3.15. The minimum atomic E-state index is 0.253. The first-order valence-corrected chi connectivity index (χ1v) is 7.19. The summed E-state index contributed by atoms with van der Waals surface area (Å²) < 4.78 is 0. The highest BCUT2D eigenvalue weighted by molar-refractivity contribution is 5.57. The molecule has 2 rings (SSSR count). The van der Waals surface area contributed by atoms with E-state index in [-0.39, 0.29) is 6.61 Å². The maximum absolute atomic E-state index is 9.48. The molecule has 1 aliphatic carbocycles. The number of rotatable bonds is 5. The van der Waals surface area contributed by atoms with E-state index in [1.807, 2.05) is 7.05 Å².